The van der Waals surface area contributed by atoms with Crippen LogP contribution in [0.1, 0.15) is 32.8 Å². The average Bonchev–Trinajstić information content (AvgIpc) is 2.25. The van der Waals surface area contributed by atoms with Crippen molar-refractivity contribution in [3.63, 3.8) is 0 Å². The number of nitrogens with two attached hydrogens (primary N) is 1. The molecule has 0 aliphatic carbocycles. The van der Waals surface area contributed by atoms with Gasteiger partial charge in [-0.1, -0.05) is 20.8 Å². The first-order valence-corrected chi connectivity index (χ1v) is 5.99. The molecule has 1 aromatic rings. The van der Waals surface area contributed by atoms with Gasteiger partial charge >= 0.3 is 6.18 Å². The molecule has 3 N–H and O–H groups in total. The van der Waals surface area contributed by atoms with Gasteiger partial charge in [-0.3, -0.25) is 0 Å². The van der Waals surface area contributed by atoms with Crippen molar-refractivity contribution in [3.8, 4) is 0 Å². The van der Waals surface area contributed by atoms with Gasteiger partial charge in [0.05, 0.1) is 16.9 Å². The van der Waals surface area contributed by atoms with E-state index >= 15 is 0 Å². The minimum atomic E-state index is -4.35. The summed E-state index contributed by atoms with van der Waals surface area (Å²) in [5.41, 5.74) is 5.63. The molecule has 0 aromatic heterocycles. The lowest BCUT2D eigenvalue weighted by Gasteiger charge is -2.23. The molecular formula is C13H19F3N2. The molecular weight excluding hydrogens is 241 g/mol. The van der Waals surface area contributed by atoms with Gasteiger partial charge in [0.2, 0.25) is 0 Å². The Kier molecular flexibility index (Phi) is 4.48. The van der Waals surface area contributed by atoms with Gasteiger partial charge in [0, 0.05) is 6.04 Å². The molecule has 0 heterocycles. The van der Waals surface area contributed by atoms with Crippen LogP contribution in [0.25, 0.3) is 0 Å². The van der Waals surface area contributed by atoms with Crippen LogP contribution >= 0.6 is 0 Å². The molecule has 0 aliphatic rings. The van der Waals surface area contributed by atoms with Gasteiger partial charge in [0.15, 0.2) is 0 Å². The van der Waals surface area contributed by atoms with Crippen LogP contribution < -0.4 is 11.1 Å². The van der Waals surface area contributed by atoms with Gasteiger partial charge in [-0.25, -0.2) is 0 Å². The smallest absolute Gasteiger partial charge is 0.397 e. The molecule has 1 unspecified atom stereocenters. The lowest BCUT2D eigenvalue weighted by atomic mass is 10.0. The highest BCUT2D eigenvalue weighted by atomic mass is 19.4. The van der Waals surface area contributed by atoms with Crippen LogP contribution in [-0.2, 0) is 6.18 Å². The van der Waals surface area contributed by atoms with Gasteiger partial charge < -0.3 is 11.1 Å². The normalized spacial score (nSPS) is 13.7. The zero-order valence-corrected chi connectivity index (χ0v) is 10.8. The number of rotatable bonds is 4. The largest absolute Gasteiger partial charge is 0.416 e. The standard InChI is InChI=1S/C13H19F3N2/c1-4-11(8(2)3)18-12-6-5-9(7-10(12)17)13(14,15)16/h5-8,11,18H,4,17H2,1-3H3. The predicted octanol–water partition coefficient (Wildman–Crippen LogP) is 4.13. The van der Waals surface area contributed by atoms with Crippen molar-refractivity contribution in [2.45, 2.75) is 39.4 Å². The van der Waals surface area contributed by atoms with Crippen molar-refractivity contribution in [3.05, 3.63) is 23.8 Å². The first-order chi connectivity index (χ1) is 8.25. The van der Waals surface area contributed by atoms with Crippen molar-refractivity contribution < 1.29 is 13.2 Å². The SMILES string of the molecule is CCC(Nc1ccc(C(F)(F)F)cc1N)C(C)C. The van der Waals surface area contributed by atoms with Crippen LogP contribution in [0, 0.1) is 5.92 Å². The van der Waals surface area contributed by atoms with E-state index in [0.29, 0.717) is 11.6 Å². The quantitative estimate of drug-likeness (QED) is 0.799. The highest BCUT2D eigenvalue weighted by Gasteiger charge is 2.30. The fourth-order valence-electron chi connectivity index (χ4n) is 1.81. The van der Waals surface area contributed by atoms with E-state index in [4.69, 9.17) is 5.73 Å². The molecule has 102 valence electrons. The van der Waals surface area contributed by atoms with Crippen molar-refractivity contribution >= 4 is 11.4 Å². The van der Waals surface area contributed by atoms with E-state index in [1.165, 1.54) is 6.07 Å². The Hall–Kier alpha value is -1.39. The van der Waals surface area contributed by atoms with E-state index in [-0.39, 0.29) is 11.7 Å². The fourth-order valence-corrected chi connectivity index (χ4v) is 1.81. The van der Waals surface area contributed by atoms with Crippen molar-refractivity contribution in [2.75, 3.05) is 11.1 Å². The number of anilines is 2. The number of benzene rings is 1. The molecule has 0 spiro atoms. The van der Waals surface area contributed by atoms with E-state index in [0.717, 1.165) is 18.6 Å². The Morgan fingerprint density at radius 1 is 1.28 bits per heavy atom. The zero-order chi connectivity index (χ0) is 13.9. The minimum Gasteiger partial charge on any atom is -0.397 e. The number of nitrogen functional groups attached to an aromatic ring is 1. The van der Waals surface area contributed by atoms with E-state index in [9.17, 15) is 13.2 Å². The minimum absolute atomic E-state index is 0.129. The van der Waals surface area contributed by atoms with Crippen LogP contribution in [-0.4, -0.2) is 6.04 Å². The molecule has 0 amide bonds. The Balaban J connectivity index is 2.93. The van der Waals surface area contributed by atoms with Gasteiger partial charge in [0.1, 0.15) is 0 Å². The van der Waals surface area contributed by atoms with E-state index < -0.39 is 11.7 Å². The number of hydrogen-bond donors (Lipinski definition) is 2. The second kappa shape index (κ2) is 5.50. The van der Waals surface area contributed by atoms with Crippen molar-refractivity contribution in [2.24, 2.45) is 5.92 Å². The second-order valence-electron chi connectivity index (χ2n) is 4.70. The lowest BCUT2D eigenvalue weighted by molar-refractivity contribution is -0.137. The monoisotopic (exact) mass is 260 g/mol. The third kappa shape index (κ3) is 3.55. The average molecular weight is 260 g/mol. The van der Waals surface area contributed by atoms with Gasteiger partial charge in [-0.05, 0) is 30.5 Å². The molecule has 18 heavy (non-hydrogen) atoms. The maximum atomic E-state index is 12.5. The molecule has 1 aromatic carbocycles. The number of hydrogen-bond acceptors (Lipinski definition) is 2. The summed E-state index contributed by atoms with van der Waals surface area (Å²) in [6, 6.07) is 3.61. The van der Waals surface area contributed by atoms with Crippen LogP contribution in [0.15, 0.2) is 18.2 Å². The third-order valence-electron chi connectivity index (χ3n) is 2.96. The highest BCUT2D eigenvalue weighted by Crippen LogP contribution is 2.33. The molecule has 0 saturated heterocycles. The topological polar surface area (TPSA) is 38.0 Å². The molecule has 2 nitrogen and oxygen atoms in total. The molecule has 0 fully saturated rings. The van der Waals surface area contributed by atoms with E-state index in [1.807, 2.05) is 6.92 Å². The molecule has 0 radical (unpaired) electrons. The Morgan fingerprint density at radius 3 is 2.28 bits per heavy atom. The van der Waals surface area contributed by atoms with Crippen molar-refractivity contribution in [1.29, 1.82) is 0 Å². The molecule has 0 saturated carbocycles. The number of nitrogens with one attached hydrogen (secondary N) is 1. The first kappa shape index (κ1) is 14.7. The van der Waals surface area contributed by atoms with Crippen LogP contribution in [0.4, 0.5) is 24.5 Å². The van der Waals surface area contributed by atoms with Gasteiger partial charge in [0.25, 0.3) is 0 Å². The number of halogens is 3. The summed E-state index contributed by atoms with van der Waals surface area (Å²) in [5.74, 6) is 0.386. The summed E-state index contributed by atoms with van der Waals surface area (Å²) in [5, 5.41) is 3.18. The Labute approximate surface area is 105 Å². The van der Waals surface area contributed by atoms with Crippen LogP contribution in [0.5, 0.6) is 0 Å². The molecule has 0 bridgehead atoms. The predicted molar refractivity (Wildman–Crippen MR) is 68.4 cm³/mol. The van der Waals surface area contributed by atoms with E-state index in [2.05, 4.69) is 19.2 Å². The van der Waals surface area contributed by atoms with Crippen LogP contribution in [0.3, 0.4) is 0 Å². The summed E-state index contributed by atoms with van der Waals surface area (Å²) in [6.45, 7) is 6.14. The van der Waals surface area contributed by atoms with Gasteiger partial charge in [-0.15, -0.1) is 0 Å². The first-order valence-electron chi connectivity index (χ1n) is 5.99. The zero-order valence-electron chi connectivity index (χ0n) is 10.8. The van der Waals surface area contributed by atoms with Gasteiger partial charge in [-0.2, -0.15) is 13.2 Å². The Morgan fingerprint density at radius 2 is 1.89 bits per heavy atom. The summed E-state index contributed by atoms with van der Waals surface area (Å²) in [4.78, 5) is 0. The molecule has 0 aliphatic heterocycles. The molecule has 1 atom stereocenters. The van der Waals surface area contributed by atoms with E-state index in [1.54, 1.807) is 0 Å². The lowest BCUT2D eigenvalue weighted by Crippen LogP contribution is -2.25. The summed E-state index contributed by atoms with van der Waals surface area (Å²) in [6.07, 6.45) is -3.47. The molecule has 1 rings (SSSR count). The maximum Gasteiger partial charge on any atom is 0.416 e. The summed E-state index contributed by atoms with van der Waals surface area (Å²) in [7, 11) is 0. The van der Waals surface area contributed by atoms with Crippen molar-refractivity contribution in [1.82, 2.24) is 0 Å². The molecule has 5 heteroatoms. The Bertz CT molecular complexity index is 400. The fraction of sp³-hybridized carbons (Fsp3) is 0.538. The summed E-state index contributed by atoms with van der Waals surface area (Å²) >= 11 is 0. The van der Waals surface area contributed by atoms with Crippen LogP contribution in [0.2, 0.25) is 0 Å². The third-order valence-corrected chi connectivity index (χ3v) is 2.96. The number of alkyl halides is 3. The highest BCUT2D eigenvalue weighted by molar-refractivity contribution is 5.67. The maximum absolute atomic E-state index is 12.5. The second-order valence-corrected chi connectivity index (χ2v) is 4.70. The summed E-state index contributed by atoms with van der Waals surface area (Å²) < 4.78 is 37.4.